The van der Waals surface area contributed by atoms with Crippen molar-refractivity contribution >= 4 is 28.7 Å². The molecule has 9 nitrogen and oxygen atoms in total. The number of nitrogens with one attached hydrogen (secondary N) is 2. The van der Waals surface area contributed by atoms with Gasteiger partial charge in [0.25, 0.3) is 0 Å². The van der Waals surface area contributed by atoms with Crippen LogP contribution in [-0.2, 0) is 16.1 Å². The lowest BCUT2D eigenvalue weighted by atomic mass is 9.83. The molecule has 1 amide bonds. The van der Waals surface area contributed by atoms with Crippen LogP contribution in [0.15, 0.2) is 24.5 Å². The molecule has 2 N–H and O–H groups in total. The summed E-state index contributed by atoms with van der Waals surface area (Å²) in [5, 5.41) is 3.30. The third-order valence-corrected chi connectivity index (χ3v) is 8.79. The molecule has 2 aliphatic carbocycles. The van der Waals surface area contributed by atoms with Gasteiger partial charge >= 0.3 is 6.09 Å². The number of fused-ring (bicyclic) bond motifs is 1. The summed E-state index contributed by atoms with van der Waals surface area (Å²) < 4.78 is 8.86. The molecule has 2 saturated carbocycles. The first-order valence-corrected chi connectivity index (χ1v) is 14.7. The average Bonchev–Trinajstić information content (AvgIpc) is 3.69. The first kappa shape index (κ1) is 26.5. The van der Waals surface area contributed by atoms with E-state index >= 15 is 0 Å². The molecule has 3 aromatic rings. The predicted octanol–water partition coefficient (Wildman–Crippen LogP) is 6.48. The number of carbonyl (C=O) groups is 1. The van der Waals surface area contributed by atoms with Gasteiger partial charge in [0.1, 0.15) is 11.9 Å². The van der Waals surface area contributed by atoms with Crippen molar-refractivity contribution in [1.29, 1.82) is 0 Å². The minimum atomic E-state index is -0.584. The number of aromatic nitrogens is 4. The van der Waals surface area contributed by atoms with E-state index in [4.69, 9.17) is 31.1 Å². The van der Waals surface area contributed by atoms with E-state index in [1.165, 1.54) is 38.5 Å². The summed E-state index contributed by atoms with van der Waals surface area (Å²) in [7, 11) is 0. The Morgan fingerprint density at radius 2 is 1.92 bits per heavy atom. The van der Waals surface area contributed by atoms with E-state index in [9.17, 15) is 4.79 Å². The van der Waals surface area contributed by atoms with Crippen LogP contribution in [0.2, 0.25) is 5.02 Å². The molecule has 3 fully saturated rings. The van der Waals surface area contributed by atoms with E-state index in [0.29, 0.717) is 29.2 Å². The van der Waals surface area contributed by atoms with Crippen molar-refractivity contribution in [2.45, 2.75) is 84.0 Å². The molecule has 3 aliphatic rings. The Bertz CT molecular complexity index is 1330. The lowest BCUT2D eigenvalue weighted by Crippen LogP contribution is -2.24. The van der Waals surface area contributed by atoms with Crippen LogP contribution in [0.25, 0.3) is 22.3 Å². The van der Waals surface area contributed by atoms with Crippen molar-refractivity contribution in [1.82, 2.24) is 30.3 Å². The number of imidazole rings is 1. The van der Waals surface area contributed by atoms with Gasteiger partial charge < -0.3 is 14.1 Å². The van der Waals surface area contributed by atoms with Gasteiger partial charge in [-0.25, -0.2) is 14.8 Å². The van der Waals surface area contributed by atoms with Gasteiger partial charge in [0, 0.05) is 31.1 Å². The molecule has 1 aliphatic heterocycles. The van der Waals surface area contributed by atoms with Crippen LogP contribution in [0.5, 0.6) is 0 Å². The van der Waals surface area contributed by atoms with Gasteiger partial charge in [-0.1, -0.05) is 44.2 Å². The fourth-order valence-electron chi connectivity index (χ4n) is 6.54. The Morgan fingerprint density at radius 3 is 2.62 bits per heavy atom. The number of hydrogen-bond acceptors (Lipinski definition) is 7. The molecule has 0 bridgehead atoms. The highest BCUT2D eigenvalue weighted by molar-refractivity contribution is 6.30. The number of rotatable bonds is 8. The third kappa shape index (κ3) is 5.49. The molecule has 1 saturated heterocycles. The topological polar surface area (TPSA) is 103 Å². The summed E-state index contributed by atoms with van der Waals surface area (Å²) >= 11 is 6.40. The zero-order valence-corrected chi connectivity index (χ0v) is 23.4. The second kappa shape index (κ2) is 11.4. The van der Waals surface area contributed by atoms with Crippen molar-refractivity contribution in [3.05, 3.63) is 41.1 Å². The molecule has 2 atom stereocenters. The Labute approximate surface area is 234 Å². The molecule has 10 heteroatoms. The Morgan fingerprint density at radius 1 is 1.13 bits per heavy atom. The average molecular weight is 553 g/mol. The molecule has 6 rings (SSSR count). The highest BCUT2D eigenvalue weighted by Gasteiger charge is 2.34. The minimum Gasteiger partial charge on any atom is -0.370 e. The highest BCUT2D eigenvalue weighted by Crippen LogP contribution is 2.41. The summed E-state index contributed by atoms with van der Waals surface area (Å²) in [5.74, 6) is 2.77. The van der Waals surface area contributed by atoms with Gasteiger partial charge in [-0.3, -0.25) is 10.3 Å². The van der Waals surface area contributed by atoms with Crippen LogP contribution in [0, 0.1) is 17.8 Å². The second-order valence-electron chi connectivity index (χ2n) is 11.4. The number of carbonyl (C=O) groups excluding carboxylic acids is 1. The highest BCUT2D eigenvalue weighted by atomic mass is 35.5. The number of amides is 1. The van der Waals surface area contributed by atoms with Crippen molar-refractivity contribution in [2.75, 3.05) is 6.61 Å². The van der Waals surface area contributed by atoms with Crippen molar-refractivity contribution in [2.24, 2.45) is 17.8 Å². The normalized spacial score (nSPS) is 24.7. The van der Waals surface area contributed by atoms with Gasteiger partial charge in [0.15, 0.2) is 6.17 Å². The van der Waals surface area contributed by atoms with E-state index in [0.717, 1.165) is 53.4 Å². The number of pyridine rings is 2. The molecule has 2 unspecified atom stereocenters. The summed E-state index contributed by atoms with van der Waals surface area (Å²) in [5.41, 5.74) is 6.67. The SMILES string of the molecule is CCOC(c1nc2cc(C3NOC(=O)N3)nc(-c3cncc(Cl)c3)c2n1CC1CCC(C)CC1)C1CCCC1. The van der Waals surface area contributed by atoms with Crippen LogP contribution in [0.3, 0.4) is 0 Å². The van der Waals surface area contributed by atoms with E-state index in [1.54, 1.807) is 12.4 Å². The summed E-state index contributed by atoms with van der Waals surface area (Å²) in [6.07, 6.45) is 11.9. The van der Waals surface area contributed by atoms with Gasteiger partial charge in [-0.2, -0.15) is 0 Å². The van der Waals surface area contributed by atoms with Crippen molar-refractivity contribution in [3.8, 4) is 11.3 Å². The largest absolute Gasteiger partial charge is 0.427 e. The molecule has 4 heterocycles. The van der Waals surface area contributed by atoms with Gasteiger partial charge in [-0.15, -0.1) is 5.48 Å². The van der Waals surface area contributed by atoms with Crippen molar-refractivity contribution in [3.63, 3.8) is 0 Å². The molecular weight excluding hydrogens is 516 g/mol. The monoisotopic (exact) mass is 552 g/mol. The van der Waals surface area contributed by atoms with Gasteiger partial charge in [0.2, 0.25) is 0 Å². The lowest BCUT2D eigenvalue weighted by molar-refractivity contribution is 0.0114. The first-order chi connectivity index (χ1) is 19.0. The Balaban J connectivity index is 1.54. The number of hydroxylamine groups is 1. The van der Waals surface area contributed by atoms with Crippen molar-refractivity contribution < 1.29 is 14.4 Å². The van der Waals surface area contributed by atoms with E-state index in [1.807, 2.05) is 12.1 Å². The van der Waals surface area contributed by atoms with Crippen LogP contribution in [-0.4, -0.2) is 32.2 Å². The Kier molecular flexibility index (Phi) is 7.73. The fraction of sp³-hybridized carbons (Fsp3) is 0.586. The number of hydrogen-bond donors (Lipinski definition) is 2. The standard InChI is InChI=1S/C29H37ClN6O3/c1-3-38-26(19-6-4-5-7-19)28-33-22-13-23(27-34-29(37)39-35-27)32-24(20-12-21(30)15-31-14-20)25(22)36(28)16-18-10-8-17(2)9-11-18/h12-15,17-19,26-27,35H,3-11,16H2,1-2H3,(H,34,37). The lowest BCUT2D eigenvalue weighted by Gasteiger charge is -2.29. The van der Waals surface area contributed by atoms with Gasteiger partial charge in [-0.05, 0) is 62.5 Å². The summed E-state index contributed by atoms with van der Waals surface area (Å²) in [6, 6.07) is 3.83. The maximum Gasteiger partial charge on any atom is 0.427 e. The number of ether oxygens (including phenoxy) is 1. The smallest absolute Gasteiger partial charge is 0.370 e. The molecule has 39 heavy (non-hydrogen) atoms. The molecule has 3 aromatic heterocycles. The zero-order valence-electron chi connectivity index (χ0n) is 22.7. The number of nitrogens with zero attached hydrogens (tertiary/aromatic N) is 4. The second-order valence-corrected chi connectivity index (χ2v) is 11.8. The van der Waals surface area contributed by atoms with E-state index in [2.05, 4.69) is 34.2 Å². The molecule has 0 radical (unpaired) electrons. The quantitative estimate of drug-likeness (QED) is 0.329. The van der Waals surface area contributed by atoms with Crippen LogP contribution < -0.4 is 10.8 Å². The number of halogens is 1. The van der Waals surface area contributed by atoms with Gasteiger partial charge in [0.05, 0.1) is 27.4 Å². The molecule has 208 valence electrons. The zero-order chi connectivity index (χ0) is 26.9. The van der Waals surface area contributed by atoms with Crippen LogP contribution in [0.4, 0.5) is 4.79 Å². The Hall–Kier alpha value is -2.75. The molecule has 0 aromatic carbocycles. The summed E-state index contributed by atoms with van der Waals surface area (Å²) in [4.78, 5) is 31.5. The van der Waals surface area contributed by atoms with E-state index in [-0.39, 0.29) is 6.10 Å². The minimum absolute atomic E-state index is 0.0751. The van der Waals surface area contributed by atoms with Crippen LogP contribution in [0.1, 0.15) is 89.0 Å². The predicted molar refractivity (Wildman–Crippen MR) is 149 cm³/mol. The first-order valence-electron chi connectivity index (χ1n) is 14.4. The van der Waals surface area contributed by atoms with Crippen LogP contribution >= 0.6 is 11.6 Å². The third-order valence-electron chi connectivity index (χ3n) is 8.58. The van der Waals surface area contributed by atoms with E-state index < -0.39 is 12.3 Å². The molecule has 0 spiro atoms. The fourth-order valence-corrected chi connectivity index (χ4v) is 6.71. The summed E-state index contributed by atoms with van der Waals surface area (Å²) in [6.45, 7) is 5.93. The molecular formula is C29H37ClN6O3. The maximum absolute atomic E-state index is 11.8. The maximum atomic E-state index is 11.8.